The summed E-state index contributed by atoms with van der Waals surface area (Å²) in [4.78, 5) is 10.5. The lowest BCUT2D eigenvalue weighted by molar-refractivity contribution is -0.137. The van der Waals surface area contributed by atoms with Gasteiger partial charge in [-0.2, -0.15) is 0 Å². The van der Waals surface area contributed by atoms with Crippen molar-refractivity contribution < 1.29 is 25.6 Å². The molecule has 0 aliphatic carbocycles. The number of unbranched alkanes of at least 4 members (excludes halogenated alkanes) is 2. The molecule has 1 saturated heterocycles. The zero-order valence-corrected chi connectivity index (χ0v) is 13.8. The minimum atomic E-state index is -1.56. The normalized spacial score (nSPS) is 34.8. The van der Waals surface area contributed by atoms with E-state index in [0.717, 1.165) is 19.3 Å². The quantitative estimate of drug-likeness (QED) is 0.263. The molecule has 2 atom stereocenters. The van der Waals surface area contributed by atoms with Crippen molar-refractivity contribution in [2.75, 3.05) is 0 Å². The van der Waals surface area contributed by atoms with E-state index >= 15 is 0 Å². The third-order valence-corrected chi connectivity index (χ3v) is 3.19. The van der Waals surface area contributed by atoms with Crippen LogP contribution in [0, 0.1) is 0 Å². The van der Waals surface area contributed by atoms with Crippen molar-refractivity contribution in [2.24, 2.45) is 0 Å². The minimum absolute atomic E-state index is 0.0847. The first-order chi connectivity index (χ1) is 14.3. The van der Waals surface area contributed by atoms with Crippen molar-refractivity contribution >= 4 is 5.97 Å². The van der Waals surface area contributed by atoms with Gasteiger partial charge in [-0.05, 0) is 38.5 Å². The summed E-state index contributed by atoms with van der Waals surface area (Å²) in [7, 11) is 0. The third kappa shape index (κ3) is 11.8. The maximum Gasteiger partial charge on any atom is 0.303 e. The van der Waals surface area contributed by atoms with Gasteiger partial charge in [0.05, 0.1) is 23.1 Å². The second-order valence-corrected chi connectivity index (χ2v) is 5.24. The molecule has 130 valence electrons. The highest BCUT2D eigenvalue weighted by atomic mass is 16.6. The Kier molecular flexibility index (Phi) is 5.99. The van der Waals surface area contributed by atoms with Gasteiger partial charge in [-0.15, -0.1) is 0 Å². The number of carboxylic acid groups (broad SMARTS) is 1. The van der Waals surface area contributed by atoms with E-state index in [-0.39, 0.29) is 74.8 Å². The van der Waals surface area contributed by atoms with Crippen LogP contribution in [0.4, 0.5) is 0 Å². The highest BCUT2D eigenvalue weighted by Crippen LogP contribution is 2.30. The standard InChI is InChI=1S/C20H32O3/c1-2-3-12-15-18-19(23-18)16-13-10-8-6-4-5-7-9-11-14-17-20(21)22/h4,6-7,9-10,13,18-19H,2-3,5,8,11-12,14-17H2,1H3,(H,21,22)/b6-4-,9-7-,13-10-/i4D,6D,7D,9D,10D,13D,18D,19D. The molecule has 0 aromatic carbocycles. The number of ether oxygens (including phenoxy) is 1. The van der Waals surface area contributed by atoms with Crippen LogP contribution in [0.1, 0.15) is 82.1 Å². The van der Waals surface area contributed by atoms with Crippen molar-refractivity contribution in [1.29, 1.82) is 0 Å². The Labute approximate surface area is 152 Å². The highest BCUT2D eigenvalue weighted by Gasteiger charge is 2.36. The Morgan fingerprint density at radius 1 is 1.09 bits per heavy atom. The molecule has 0 amide bonds. The first-order valence-corrected chi connectivity index (χ1v) is 8.23. The van der Waals surface area contributed by atoms with Gasteiger partial charge in [-0.1, -0.05) is 62.5 Å². The molecule has 1 aliphatic heterocycles. The molecule has 1 fully saturated rings. The number of carboxylic acids is 1. The maximum atomic E-state index is 10.5. The van der Waals surface area contributed by atoms with Crippen LogP contribution in [-0.4, -0.2) is 23.2 Å². The summed E-state index contributed by atoms with van der Waals surface area (Å²) in [5.74, 6) is -0.982. The molecule has 0 radical (unpaired) electrons. The largest absolute Gasteiger partial charge is 0.481 e. The lowest BCUT2D eigenvalue weighted by Gasteiger charge is -1.93. The maximum absolute atomic E-state index is 10.5. The molecular formula is C20H32O3. The molecule has 0 saturated carbocycles. The Morgan fingerprint density at radius 2 is 1.78 bits per heavy atom. The van der Waals surface area contributed by atoms with Crippen molar-refractivity contribution in [2.45, 2.75) is 83.3 Å². The number of hydrogen-bond acceptors (Lipinski definition) is 2. The summed E-state index contributed by atoms with van der Waals surface area (Å²) >= 11 is 0. The smallest absolute Gasteiger partial charge is 0.303 e. The van der Waals surface area contributed by atoms with E-state index in [1.165, 1.54) is 0 Å². The second-order valence-electron chi connectivity index (χ2n) is 5.24. The van der Waals surface area contributed by atoms with Crippen LogP contribution in [0.25, 0.3) is 0 Å². The molecule has 23 heavy (non-hydrogen) atoms. The van der Waals surface area contributed by atoms with Crippen LogP contribution in [0.15, 0.2) is 36.3 Å². The minimum Gasteiger partial charge on any atom is -0.481 e. The number of aliphatic carboxylic acids is 1. The van der Waals surface area contributed by atoms with Crippen LogP contribution >= 0.6 is 0 Å². The Morgan fingerprint density at radius 3 is 2.48 bits per heavy atom. The van der Waals surface area contributed by atoms with Gasteiger partial charge < -0.3 is 9.84 Å². The average molecular weight is 329 g/mol. The number of epoxide rings is 1. The van der Waals surface area contributed by atoms with Gasteiger partial charge in [-0.25, -0.2) is 0 Å². The Balaban J connectivity index is 2.69. The first kappa shape index (κ1) is 10.5. The summed E-state index contributed by atoms with van der Waals surface area (Å²) in [5.41, 5.74) is 0. The average Bonchev–Trinajstić information content (AvgIpc) is 3.20. The molecule has 1 heterocycles. The molecule has 0 spiro atoms. The van der Waals surface area contributed by atoms with E-state index in [9.17, 15) is 4.79 Å². The summed E-state index contributed by atoms with van der Waals surface area (Å²) < 4.78 is 69.2. The van der Waals surface area contributed by atoms with Crippen LogP contribution in [0.3, 0.4) is 0 Å². The molecule has 1 rings (SSSR count). The Hall–Kier alpha value is -1.35. The van der Waals surface area contributed by atoms with Gasteiger partial charge in [-0.3, -0.25) is 4.79 Å². The number of allylic oxidation sites excluding steroid dienone is 5. The highest BCUT2D eigenvalue weighted by molar-refractivity contribution is 5.66. The van der Waals surface area contributed by atoms with E-state index in [1.807, 2.05) is 6.92 Å². The van der Waals surface area contributed by atoms with E-state index in [2.05, 4.69) is 0 Å². The number of rotatable bonds is 14. The second kappa shape index (κ2) is 13.1. The predicted molar refractivity (Wildman–Crippen MR) is 95.6 cm³/mol. The van der Waals surface area contributed by atoms with E-state index in [0.29, 0.717) is 6.42 Å². The van der Waals surface area contributed by atoms with Crippen LogP contribution in [-0.2, 0) is 9.53 Å². The fourth-order valence-corrected chi connectivity index (χ4v) is 1.88. The monoisotopic (exact) mass is 328 g/mol. The molecule has 2 unspecified atom stereocenters. The summed E-state index contributed by atoms with van der Waals surface area (Å²) in [6.45, 7) is 2.03. The van der Waals surface area contributed by atoms with Crippen molar-refractivity contribution in [3.63, 3.8) is 0 Å². The third-order valence-electron chi connectivity index (χ3n) is 3.19. The van der Waals surface area contributed by atoms with Crippen molar-refractivity contribution in [3.8, 4) is 0 Å². The fourth-order valence-electron chi connectivity index (χ4n) is 1.88. The number of carbonyl (C=O) groups is 1. The van der Waals surface area contributed by atoms with E-state index < -0.39 is 18.1 Å². The molecule has 0 aromatic heterocycles. The van der Waals surface area contributed by atoms with Gasteiger partial charge in [0.25, 0.3) is 0 Å². The van der Waals surface area contributed by atoms with E-state index in [4.69, 9.17) is 20.8 Å². The topological polar surface area (TPSA) is 49.8 Å². The molecule has 3 nitrogen and oxygen atoms in total. The van der Waals surface area contributed by atoms with Gasteiger partial charge in [0.1, 0.15) is 0 Å². The summed E-state index contributed by atoms with van der Waals surface area (Å²) in [6, 6.07) is -1.22. The zero-order valence-electron chi connectivity index (χ0n) is 21.8. The summed E-state index contributed by atoms with van der Waals surface area (Å²) in [6.07, 6.45) is -0.477. The van der Waals surface area contributed by atoms with Gasteiger partial charge >= 0.3 is 5.97 Å². The van der Waals surface area contributed by atoms with Gasteiger partial charge in [0.15, 0.2) is 0 Å². The number of hydrogen-bond donors (Lipinski definition) is 1. The lowest BCUT2D eigenvalue weighted by Crippen LogP contribution is -1.92. The van der Waals surface area contributed by atoms with Gasteiger partial charge in [0.2, 0.25) is 0 Å². The van der Waals surface area contributed by atoms with Gasteiger partial charge in [0, 0.05) is 6.42 Å². The summed E-state index contributed by atoms with van der Waals surface area (Å²) in [5, 5.41) is 8.61. The molecular weight excluding hydrogens is 288 g/mol. The van der Waals surface area contributed by atoms with E-state index in [1.54, 1.807) is 0 Å². The fraction of sp³-hybridized carbons (Fsp3) is 0.650. The zero-order chi connectivity index (χ0) is 23.8. The molecule has 1 N–H and O–H groups in total. The lowest BCUT2D eigenvalue weighted by atomic mass is 10.1. The molecule has 0 aromatic rings. The molecule has 0 bridgehead atoms. The van der Waals surface area contributed by atoms with Crippen LogP contribution < -0.4 is 0 Å². The van der Waals surface area contributed by atoms with Crippen molar-refractivity contribution in [1.82, 2.24) is 0 Å². The van der Waals surface area contributed by atoms with Crippen molar-refractivity contribution in [3.05, 3.63) is 36.3 Å². The molecule has 1 aliphatic rings. The Bertz CT molecular complexity index is 749. The predicted octanol–water partition coefficient (Wildman–Crippen LogP) is 5.43. The SMILES string of the molecule is [2H]/C(CCCC(=O)O)=C(\[2H])C/C([2H])=C(/[2H])C/C([2H])=C(/[2H])CC1([2H])OC1([2H])CCCCC. The molecule has 3 heteroatoms. The first-order valence-electron chi connectivity index (χ1n) is 12.2. The van der Waals surface area contributed by atoms with Crippen LogP contribution in [0.2, 0.25) is 0 Å². The van der Waals surface area contributed by atoms with Crippen LogP contribution in [0.5, 0.6) is 0 Å².